The normalized spacial score (nSPS) is 18.9. The number of carbonyl (C=O) groups excluding carboxylic acids is 2. The van der Waals surface area contributed by atoms with Gasteiger partial charge in [0, 0.05) is 18.1 Å². The van der Waals surface area contributed by atoms with E-state index in [-0.39, 0.29) is 11.8 Å². The third-order valence-electron chi connectivity index (χ3n) is 4.98. The molecule has 7 heteroatoms. The minimum atomic E-state index is -0.927. The zero-order valence-corrected chi connectivity index (χ0v) is 15.6. The van der Waals surface area contributed by atoms with Gasteiger partial charge in [0.2, 0.25) is 5.91 Å². The molecular formula is C21H20FN3O3. The van der Waals surface area contributed by atoms with E-state index in [1.54, 1.807) is 35.7 Å². The van der Waals surface area contributed by atoms with Crippen molar-refractivity contribution < 1.29 is 18.7 Å². The molecule has 2 N–H and O–H groups in total. The first kappa shape index (κ1) is 18.0. The molecule has 144 valence electrons. The number of nitrogens with one attached hydrogen (secondary N) is 2. The fourth-order valence-corrected chi connectivity index (χ4v) is 3.46. The topological polar surface area (TPSA) is 71.8 Å². The second-order valence-corrected chi connectivity index (χ2v) is 7.19. The zero-order valence-electron chi connectivity index (χ0n) is 15.6. The first-order chi connectivity index (χ1) is 13.4. The highest BCUT2D eigenvalue weighted by Gasteiger charge is 2.39. The summed E-state index contributed by atoms with van der Waals surface area (Å²) in [6.07, 6.45) is 2.22. The molecule has 1 aliphatic heterocycles. The van der Waals surface area contributed by atoms with Crippen molar-refractivity contribution in [1.29, 1.82) is 0 Å². The average Bonchev–Trinajstić information content (AvgIpc) is 3.13. The van der Waals surface area contributed by atoms with E-state index in [1.165, 1.54) is 12.1 Å². The number of halogens is 1. The maximum absolute atomic E-state index is 13.4. The van der Waals surface area contributed by atoms with Crippen molar-refractivity contribution in [3.8, 4) is 11.5 Å². The van der Waals surface area contributed by atoms with Crippen molar-refractivity contribution in [2.75, 3.05) is 6.54 Å². The predicted octanol–water partition coefficient (Wildman–Crippen LogP) is 3.19. The second kappa shape index (κ2) is 6.67. The Labute approximate surface area is 161 Å². The summed E-state index contributed by atoms with van der Waals surface area (Å²) < 4.78 is 20.8. The van der Waals surface area contributed by atoms with Crippen LogP contribution >= 0.6 is 0 Å². The van der Waals surface area contributed by atoms with Gasteiger partial charge < -0.3 is 19.8 Å². The molecule has 1 aliphatic rings. The number of pyridine rings is 1. The maximum Gasteiger partial charge on any atom is 0.269 e. The van der Waals surface area contributed by atoms with Crippen LogP contribution in [-0.4, -0.2) is 28.3 Å². The summed E-state index contributed by atoms with van der Waals surface area (Å²) in [5.41, 5.74) is 1.10. The molecular weight excluding hydrogens is 361 g/mol. The lowest BCUT2D eigenvalue weighted by Gasteiger charge is -2.22. The van der Waals surface area contributed by atoms with Gasteiger partial charge in [-0.25, -0.2) is 4.39 Å². The summed E-state index contributed by atoms with van der Waals surface area (Å²) in [5.74, 6) is -0.0788. The molecule has 1 saturated heterocycles. The van der Waals surface area contributed by atoms with E-state index in [4.69, 9.17) is 4.74 Å². The molecule has 3 aromatic rings. The van der Waals surface area contributed by atoms with E-state index in [0.29, 0.717) is 30.2 Å². The zero-order chi connectivity index (χ0) is 19.9. The van der Waals surface area contributed by atoms with Crippen LogP contribution < -0.4 is 15.4 Å². The highest BCUT2D eigenvalue weighted by molar-refractivity contribution is 6.00. The van der Waals surface area contributed by atoms with Crippen LogP contribution in [0.2, 0.25) is 0 Å². The van der Waals surface area contributed by atoms with E-state index < -0.39 is 11.4 Å². The summed E-state index contributed by atoms with van der Waals surface area (Å²) in [6, 6.07) is 11.3. The molecule has 0 radical (unpaired) electrons. The van der Waals surface area contributed by atoms with E-state index in [9.17, 15) is 14.0 Å². The number of aryl methyl sites for hydroxylation is 1. The Bertz CT molecular complexity index is 1090. The molecule has 3 heterocycles. The number of hydrogen-bond acceptors (Lipinski definition) is 3. The van der Waals surface area contributed by atoms with Gasteiger partial charge in [0.1, 0.15) is 28.5 Å². The summed E-state index contributed by atoms with van der Waals surface area (Å²) in [6.45, 7) is 4.10. The Balaban J connectivity index is 1.67. The molecule has 2 aromatic heterocycles. The quantitative estimate of drug-likeness (QED) is 0.729. The largest absolute Gasteiger partial charge is 0.456 e. The van der Waals surface area contributed by atoms with Gasteiger partial charge in [-0.3, -0.25) is 9.59 Å². The Kier molecular flexibility index (Phi) is 4.30. The predicted molar refractivity (Wildman–Crippen MR) is 102 cm³/mol. The molecule has 1 unspecified atom stereocenters. The number of carbonyl (C=O) groups is 2. The van der Waals surface area contributed by atoms with Gasteiger partial charge in [-0.15, -0.1) is 0 Å². The fraction of sp³-hybridized carbons (Fsp3) is 0.238. The molecule has 0 spiro atoms. The lowest BCUT2D eigenvalue weighted by atomic mass is 10.0. The third-order valence-corrected chi connectivity index (χ3v) is 4.98. The van der Waals surface area contributed by atoms with Crippen molar-refractivity contribution in [1.82, 2.24) is 15.0 Å². The monoisotopic (exact) mass is 381 g/mol. The second-order valence-electron chi connectivity index (χ2n) is 7.19. The number of hydrogen-bond donors (Lipinski definition) is 2. The minimum Gasteiger partial charge on any atom is -0.456 e. The van der Waals surface area contributed by atoms with Crippen molar-refractivity contribution >= 4 is 17.3 Å². The molecule has 4 rings (SSSR count). The highest BCUT2D eigenvalue weighted by atomic mass is 19.1. The summed E-state index contributed by atoms with van der Waals surface area (Å²) >= 11 is 0. The lowest BCUT2D eigenvalue weighted by Crippen LogP contribution is -2.51. The molecule has 6 nitrogen and oxygen atoms in total. The number of aromatic nitrogens is 1. The Morgan fingerprint density at radius 1 is 1.25 bits per heavy atom. The van der Waals surface area contributed by atoms with Crippen molar-refractivity contribution in [3.05, 3.63) is 65.7 Å². The van der Waals surface area contributed by atoms with Crippen LogP contribution in [0.3, 0.4) is 0 Å². The number of nitrogens with zero attached hydrogens (tertiary/aromatic N) is 1. The summed E-state index contributed by atoms with van der Waals surface area (Å²) in [7, 11) is 0. The van der Waals surface area contributed by atoms with Gasteiger partial charge in [0.15, 0.2) is 0 Å². The number of amides is 2. The van der Waals surface area contributed by atoms with Crippen LogP contribution in [0.1, 0.15) is 29.4 Å². The van der Waals surface area contributed by atoms with Crippen LogP contribution in [0.25, 0.3) is 5.52 Å². The maximum atomic E-state index is 13.4. The first-order valence-electron chi connectivity index (χ1n) is 9.02. The van der Waals surface area contributed by atoms with Crippen LogP contribution in [0, 0.1) is 12.7 Å². The molecule has 0 aliphatic carbocycles. The van der Waals surface area contributed by atoms with E-state index in [1.807, 2.05) is 19.1 Å². The number of fused-ring (bicyclic) bond motifs is 1. The van der Waals surface area contributed by atoms with Crippen molar-refractivity contribution in [2.24, 2.45) is 0 Å². The Morgan fingerprint density at radius 3 is 2.79 bits per heavy atom. The smallest absolute Gasteiger partial charge is 0.269 e. The van der Waals surface area contributed by atoms with Crippen LogP contribution in [0.5, 0.6) is 11.5 Å². The van der Waals surface area contributed by atoms with Gasteiger partial charge in [-0.2, -0.15) is 0 Å². The number of benzene rings is 1. The van der Waals surface area contributed by atoms with Crippen molar-refractivity contribution in [2.45, 2.75) is 25.8 Å². The SMILES string of the molecule is Cc1cc2ccc(Oc3cccc(F)c3)cn2c1C(=O)NC1(C)CCNC1=O. The number of ether oxygens (including phenoxy) is 1. The molecule has 0 saturated carbocycles. The fourth-order valence-electron chi connectivity index (χ4n) is 3.46. The van der Waals surface area contributed by atoms with E-state index in [2.05, 4.69) is 10.6 Å². The summed E-state index contributed by atoms with van der Waals surface area (Å²) in [5, 5.41) is 5.60. The average molecular weight is 381 g/mol. The van der Waals surface area contributed by atoms with Gasteiger partial charge in [0.05, 0.1) is 6.20 Å². The van der Waals surface area contributed by atoms with Gasteiger partial charge in [-0.05, 0) is 56.2 Å². The minimum absolute atomic E-state index is 0.186. The molecule has 1 atom stereocenters. The van der Waals surface area contributed by atoms with Gasteiger partial charge >= 0.3 is 0 Å². The van der Waals surface area contributed by atoms with Crippen LogP contribution in [0.4, 0.5) is 4.39 Å². The Hall–Kier alpha value is -3.35. The standard InChI is InChI=1S/C21H20FN3O3/c1-13-10-15-6-7-17(28-16-5-3-4-14(22)11-16)12-25(15)18(13)19(26)24-21(2)8-9-23-20(21)27/h3-7,10-12H,8-9H2,1-2H3,(H,23,27)(H,24,26). The molecule has 28 heavy (non-hydrogen) atoms. The lowest BCUT2D eigenvalue weighted by molar-refractivity contribution is -0.123. The van der Waals surface area contributed by atoms with Gasteiger partial charge in [-0.1, -0.05) is 6.07 Å². The van der Waals surface area contributed by atoms with E-state index in [0.717, 1.165) is 11.1 Å². The highest BCUT2D eigenvalue weighted by Crippen LogP contribution is 2.26. The third kappa shape index (κ3) is 3.19. The molecule has 1 aromatic carbocycles. The molecule has 0 bridgehead atoms. The van der Waals surface area contributed by atoms with Crippen molar-refractivity contribution in [3.63, 3.8) is 0 Å². The van der Waals surface area contributed by atoms with Gasteiger partial charge in [0.25, 0.3) is 5.91 Å². The number of rotatable bonds is 4. The van der Waals surface area contributed by atoms with E-state index >= 15 is 0 Å². The Morgan fingerprint density at radius 2 is 2.07 bits per heavy atom. The molecule has 2 amide bonds. The summed E-state index contributed by atoms with van der Waals surface area (Å²) in [4.78, 5) is 25.0. The van der Waals surface area contributed by atoms with Crippen LogP contribution in [-0.2, 0) is 4.79 Å². The molecule has 1 fully saturated rings. The van der Waals surface area contributed by atoms with Crippen LogP contribution in [0.15, 0.2) is 48.7 Å². The first-order valence-corrected chi connectivity index (χ1v) is 9.02.